The fourth-order valence-corrected chi connectivity index (χ4v) is 4.47. The van der Waals surface area contributed by atoms with Gasteiger partial charge in [-0.15, -0.1) is 0 Å². The first-order valence-corrected chi connectivity index (χ1v) is 11.2. The van der Waals surface area contributed by atoms with E-state index in [1.165, 1.54) is 36.0 Å². The summed E-state index contributed by atoms with van der Waals surface area (Å²) >= 11 is 12.6. The van der Waals surface area contributed by atoms with Gasteiger partial charge in [0.05, 0.1) is 11.3 Å². The van der Waals surface area contributed by atoms with Crippen molar-refractivity contribution in [1.82, 2.24) is 5.32 Å². The van der Waals surface area contributed by atoms with Crippen LogP contribution in [0.15, 0.2) is 88.2 Å². The molecule has 0 aliphatic carbocycles. The topological polar surface area (TPSA) is 86.7 Å². The minimum Gasteiger partial charge on any atom is -0.478 e. The number of carboxylic acid groups (broad SMARTS) is 1. The fourth-order valence-electron chi connectivity index (χ4n) is 3.15. The molecular formula is C24H15ClN2O4S2. The molecule has 0 bridgehead atoms. The second-order valence-electron chi connectivity index (χ2n) is 6.91. The standard InChI is InChI=1S/C24H15ClN2O4S2/c25-16-8-10-18(11-9-16)33-20-7-2-1-4-14(20)13-19-21(28)26-24(32)27(22(19)29)17-6-3-5-15(12-17)23(30)31/h1-13H,(H,30,31)(H,26,28,32). The SMILES string of the molecule is O=C1NC(=S)N(c2cccc(C(=O)O)c2)C(=O)C1=Cc1ccccc1Sc1ccc(Cl)cc1. The Labute approximate surface area is 203 Å². The number of halogens is 1. The van der Waals surface area contributed by atoms with Gasteiger partial charge in [-0.1, -0.05) is 47.6 Å². The van der Waals surface area contributed by atoms with Gasteiger partial charge in [-0.25, -0.2) is 4.79 Å². The molecule has 0 aromatic heterocycles. The van der Waals surface area contributed by atoms with E-state index in [1.807, 2.05) is 30.3 Å². The molecular weight excluding hydrogens is 480 g/mol. The van der Waals surface area contributed by atoms with Gasteiger partial charge in [0.25, 0.3) is 11.8 Å². The quantitative estimate of drug-likeness (QED) is 0.294. The lowest BCUT2D eigenvalue weighted by Gasteiger charge is -2.29. The van der Waals surface area contributed by atoms with Gasteiger partial charge >= 0.3 is 5.97 Å². The van der Waals surface area contributed by atoms with Crippen LogP contribution >= 0.6 is 35.6 Å². The predicted molar refractivity (Wildman–Crippen MR) is 132 cm³/mol. The number of anilines is 1. The van der Waals surface area contributed by atoms with Crippen molar-refractivity contribution in [3.8, 4) is 0 Å². The lowest BCUT2D eigenvalue weighted by molar-refractivity contribution is -0.122. The van der Waals surface area contributed by atoms with Crippen LogP contribution < -0.4 is 10.2 Å². The molecule has 0 spiro atoms. The van der Waals surface area contributed by atoms with Crippen molar-refractivity contribution in [3.05, 3.63) is 94.5 Å². The number of hydrogen-bond donors (Lipinski definition) is 2. The maximum absolute atomic E-state index is 13.3. The number of amides is 2. The second kappa shape index (κ2) is 9.58. The van der Waals surface area contributed by atoms with E-state index in [0.29, 0.717) is 10.6 Å². The van der Waals surface area contributed by atoms with E-state index >= 15 is 0 Å². The number of rotatable bonds is 5. The minimum atomic E-state index is -1.14. The van der Waals surface area contributed by atoms with E-state index < -0.39 is 17.8 Å². The van der Waals surface area contributed by atoms with E-state index in [0.717, 1.165) is 14.7 Å². The number of nitrogens with one attached hydrogen (secondary N) is 1. The molecule has 4 rings (SSSR count). The minimum absolute atomic E-state index is 0.00441. The third-order valence-electron chi connectivity index (χ3n) is 4.71. The largest absolute Gasteiger partial charge is 0.478 e. The summed E-state index contributed by atoms with van der Waals surface area (Å²) in [6, 6.07) is 20.5. The van der Waals surface area contributed by atoms with E-state index in [4.69, 9.17) is 23.8 Å². The zero-order chi connectivity index (χ0) is 23.5. The fraction of sp³-hybridized carbons (Fsp3) is 0. The molecule has 33 heavy (non-hydrogen) atoms. The van der Waals surface area contributed by atoms with Gasteiger partial charge in [-0.2, -0.15) is 0 Å². The van der Waals surface area contributed by atoms with E-state index in [9.17, 15) is 19.5 Å². The molecule has 1 saturated heterocycles. The maximum atomic E-state index is 13.3. The molecule has 2 N–H and O–H groups in total. The average molecular weight is 495 g/mol. The number of aromatic carboxylic acids is 1. The highest BCUT2D eigenvalue weighted by atomic mass is 35.5. The molecule has 0 atom stereocenters. The lowest BCUT2D eigenvalue weighted by atomic mass is 10.1. The van der Waals surface area contributed by atoms with Crippen molar-refractivity contribution in [3.63, 3.8) is 0 Å². The molecule has 3 aromatic carbocycles. The Morgan fingerprint density at radius 2 is 1.76 bits per heavy atom. The highest BCUT2D eigenvalue weighted by molar-refractivity contribution is 7.99. The van der Waals surface area contributed by atoms with Crippen molar-refractivity contribution in [2.75, 3.05) is 4.90 Å². The van der Waals surface area contributed by atoms with Gasteiger partial charge in [0.15, 0.2) is 5.11 Å². The summed E-state index contributed by atoms with van der Waals surface area (Å²) in [6.45, 7) is 0. The summed E-state index contributed by atoms with van der Waals surface area (Å²) in [7, 11) is 0. The second-order valence-corrected chi connectivity index (χ2v) is 8.85. The number of nitrogens with zero attached hydrogens (tertiary/aromatic N) is 1. The summed E-state index contributed by atoms with van der Waals surface area (Å²) in [5, 5.41) is 12.3. The Kier molecular flexibility index (Phi) is 6.60. The van der Waals surface area contributed by atoms with Crippen molar-refractivity contribution in [1.29, 1.82) is 0 Å². The third-order valence-corrected chi connectivity index (χ3v) is 6.35. The molecule has 0 unspecified atom stereocenters. The molecule has 0 radical (unpaired) electrons. The number of carbonyl (C=O) groups is 3. The Morgan fingerprint density at radius 3 is 2.48 bits per heavy atom. The first-order valence-electron chi connectivity index (χ1n) is 9.61. The molecule has 3 aromatic rings. The van der Waals surface area contributed by atoms with Crippen LogP contribution in [0.2, 0.25) is 5.02 Å². The number of thiocarbonyl (C=S) groups is 1. The van der Waals surface area contributed by atoms with Crippen LogP contribution in [0, 0.1) is 0 Å². The maximum Gasteiger partial charge on any atom is 0.335 e. The summed E-state index contributed by atoms with van der Waals surface area (Å²) in [5.41, 5.74) is 0.798. The predicted octanol–water partition coefficient (Wildman–Crippen LogP) is 5.02. The molecule has 1 aliphatic rings. The molecule has 9 heteroatoms. The first kappa shape index (κ1) is 22.7. The zero-order valence-corrected chi connectivity index (χ0v) is 19.2. The molecule has 164 valence electrons. The average Bonchev–Trinajstić information content (AvgIpc) is 2.79. The number of benzene rings is 3. The van der Waals surface area contributed by atoms with E-state index in [2.05, 4.69) is 5.32 Å². The van der Waals surface area contributed by atoms with Crippen LogP contribution in [0.5, 0.6) is 0 Å². The van der Waals surface area contributed by atoms with Gasteiger partial charge in [-0.05, 0) is 72.4 Å². The molecule has 6 nitrogen and oxygen atoms in total. The van der Waals surface area contributed by atoms with Crippen molar-refractivity contribution < 1.29 is 19.5 Å². The highest BCUT2D eigenvalue weighted by Gasteiger charge is 2.34. The van der Waals surface area contributed by atoms with Crippen molar-refractivity contribution in [2.24, 2.45) is 0 Å². The van der Waals surface area contributed by atoms with Crippen LogP contribution in [0.25, 0.3) is 6.08 Å². The smallest absolute Gasteiger partial charge is 0.335 e. The Morgan fingerprint density at radius 1 is 1.03 bits per heavy atom. The Balaban J connectivity index is 1.71. The van der Waals surface area contributed by atoms with Crippen LogP contribution in [0.3, 0.4) is 0 Å². The number of carbonyl (C=O) groups excluding carboxylic acids is 2. The van der Waals surface area contributed by atoms with Crippen LogP contribution in [0.1, 0.15) is 15.9 Å². The van der Waals surface area contributed by atoms with Crippen LogP contribution in [-0.4, -0.2) is 28.0 Å². The van der Waals surface area contributed by atoms with Gasteiger partial charge in [0.2, 0.25) is 0 Å². The zero-order valence-electron chi connectivity index (χ0n) is 16.8. The molecule has 0 saturated carbocycles. The molecule has 1 aliphatic heterocycles. The number of carboxylic acids is 1. The first-order chi connectivity index (χ1) is 15.8. The summed E-state index contributed by atoms with van der Waals surface area (Å²) in [4.78, 5) is 40.2. The van der Waals surface area contributed by atoms with Crippen LogP contribution in [0.4, 0.5) is 5.69 Å². The normalized spacial score (nSPS) is 15.0. The molecule has 1 heterocycles. The van der Waals surface area contributed by atoms with Crippen molar-refractivity contribution in [2.45, 2.75) is 9.79 Å². The van der Waals surface area contributed by atoms with Crippen molar-refractivity contribution >= 4 is 70.2 Å². The third kappa shape index (κ3) is 4.98. The lowest BCUT2D eigenvalue weighted by Crippen LogP contribution is -2.54. The summed E-state index contributed by atoms with van der Waals surface area (Å²) < 4.78 is 0. The summed E-state index contributed by atoms with van der Waals surface area (Å²) in [6.07, 6.45) is 1.51. The van der Waals surface area contributed by atoms with Gasteiger partial charge in [0.1, 0.15) is 5.57 Å². The van der Waals surface area contributed by atoms with Gasteiger partial charge in [-0.3, -0.25) is 19.8 Å². The molecule has 1 fully saturated rings. The monoisotopic (exact) mass is 494 g/mol. The Hall–Kier alpha value is -3.46. The Bertz CT molecular complexity index is 1320. The van der Waals surface area contributed by atoms with E-state index in [1.54, 1.807) is 24.3 Å². The van der Waals surface area contributed by atoms with Crippen LogP contribution in [-0.2, 0) is 9.59 Å². The summed E-state index contributed by atoms with van der Waals surface area (Å²) in [5.74, 6) is -2.40. The number of hydrogen-bond acceptors (Lipinski definition) is 5. The molecule has 2 amide bonds. The van der Waals surface area contributed by atoms with Gasteiger partial charge in [0, 0.05) is 14.8 Å². The van der Waals surface area contributed by atoms with Gasteiger partial charge < -0.3 is 5.11 Å². The van der Waals surface area contributed by atoms with E-state index in [-0.39, 0.29) is 21.9 Å². The highest BCUT2D eigenvalue weighted by Crippen LogP contribution is 2.33.